The number of hydrogen-bond acceptors (Lipinski definition) is 1. The second-order valence-electron chi connectivity index (χ2n) is 6.33. The molecule has 0 N–H and O–H groups in total. The predicted molar refractivity (Wildman–Crippen MR) is 67.2 cm³/mol. The third kappa shape index (κ3) is 1.85. The van der Waals surface area contributed by atoms with Crippen LogP contribution in [0.15, 0.2) is 12.2 Å². The molecule has 0 aliphatic heterocycles. The molecule has 2 fully saturated rings. The van der Waals surface area contributed by atoms with Crippen LogP contribution in [0.3, 0.4) is 0 Å². The zero-order valence-electron chi connectivity index (χ0n) is 10.9. The quantitative estimate of drug-likeness (QED) is 0.611. The molecule has 2 saturated carbocycles. The van der Waals surface area contributed by atoms with E-state index >= 15 is 0 Å². The molecule has 1 heteroatoms. The molecule has 0 saturated heterocycles. The number of ketones is 1. The summed E-state index contributed by atoms with van der Waals surface area (Å²) in [6.07, 6.45) is 5.68. The van der Waals surface area contributed by atoms with Gasteiger partial charge in [-0.2, -0.15) is 0 Å². The van der Waals surface area contributed by atoms with Gasteiger partial charge in [0.05, 0.1) is 0 Å². The van der Waals surface area contributed by atoms with Gasteiger partial charge in [0, 0.05) is 12.3 Å². The zero-order chi connectivity index (χ0) is 11.9. The fourth-order valence-corrected chi connectivity index (χ4v) is 3.82. The van der Waals surface area contributed by atoms with Crippen molar-refractivity contribution in [3.63, 3.8) is 0 Å². The van der Waals surface area contributed by atoms with Gasteiger partial charge in [-0.15, -0.1) is 0 Å². The molecule has 0 amide bonds. The van der Waals surface area contributed by atoms with Crippen molar-refractivity contribution in [2.45, 2.75) is 52.9 Å². The van der Waals surface area contributed by atoms with E-state index in [2.05, 4.69) is 27.4 Å². The number of allylic oxidation sites excluding steroid dienone is 1. The number of carbonyl (C=O) groups is 1. The molecule has 2 rings (SSSR count). The van der Waals surface area contributed by atoms with Gasteiger partial charge in [0.2, 0.25) is 0 Å². The number of Topliss-reactive ketones (excluding diaryl/α,β-unsaturated/α-hetero) is 1. The van der Waals surface area contributed by atoms with Crippen molar-refractivity contribution in [1.82, 2.24) is 0 Å². The summed E-state index contributed by atoms with van der Waals surface area (Å²) in [5, 5.41) is 0. The van der Waals surface area contributed by atoms with Crippen molar-refractivity contribution in [1.29, 1.82) is 0 Å². The Kier molecular flexibility index (Phi) is 2.98. The summed E-state index contributed by atoms with van der Waals surface area (Å²) in [6, 6.07) is 0. The minimum Gasteiger partial charge on any atom is -0.299 e. The summed E-state index contributed by atoms with van der Waals surface area (Å²) < 4.78 is 0. The predicted octanol–water partition coefficient (Wildman–Crippen LogP) is 3.98. The van der Waals surface area contributed by atoms with Crippen LogP contribution in [0.1, 0.15) is 52.9 Å². The van der Waals surface area contributed by atoms with Crippen molar-refractivity contribution < 1.29 is 4.79 Å². The van der Waals surface area contributed by atoms with Gasteiger partial charge in [0.15, 0.2) is 0 Å². The van der Waals surface area contributed by atoms with Crippen molar-refractivity contribution >= 4 is 5.78 Å². The van der Waals surface area contributed by atoms with Crippen LogP contribution in [-0.4, -0.2) is 5.78 Å². The summed E-state index contributed by atoms with van der Waals surface area (Å²) in [4.78, 5) is 11.8. The highest BCUT2D eigenvalue weighted by Gasteiger charge is 2.47. The normalized spacial score (nSPS) is 43.9. The van der Waals surface area contributed by atoms with E-state index in [-0.39, 0.29) is 5.92 Å². The van der Waals surface area contributed by atoms with Crippen LogP contribution in [0.2, 0.25) is 0 Å². The lowest BCUT2D eigenvalue weighted by molar-refractivity contribution is -0.133. The standard InChI is InChI=1S/C15H24O/c1-10(2)12-5-7-15(4)8-6-14(16)11(3)13(15)9-12/h11-13H,1,5-9H2,2-4H3/t11-,12-,13-,15-/m1/s1. The average molecular weight is 220 g/mol. The Morgan fingerprint density at radius 2 is 2.12 bits per heavy atom. The fraction of sp³-hybridized carbons (Fsp3) is 0.800. The monoisotopic (exact) mass is 220 g/mol. The first-order valence-electron chi connectivity index (χ1n) is 6.62. The molecular formula is C15H24O. The topological polar surface area (TPSA) is 17.1 Å². The van der Waals surface area contributed by atoms with E-state index in [0.717, 1.165) is 12.8 Å². The third-order valence-corrected chi connectivity index (χ3v) is 5.25. The second-order valence-corrected chi connectivity index (χ2v) is 6.33. The van der Waals surface area contributed by atoms with Gasteiger partial charge in [-0.1, -0.05) is 26.0 Å². The SMILES string of the molecule is C=C(C)[C@@H]1CC[C@]2(C)CCC(=O)[C@H](C)[C@H]2C1. The Bertz CT molecular complexity index is 317. The molecule has 0 aromatic rings. The van der Waals surface area contributed by atoms with Crippen molar-refractivity contribution in [2.24, 2.45) is 23.2 Å². The smallest absolute Gasteiger partial charge is 0.136 e. The van der Waals surface area contributed by atoms with Crippen LogP contribution in [-0.2, 0) is 4.79 Å². The molecule has 4 atom stereocenters. The largest absolute Gasteiger partial charge is 0.299 e. The Labute approximate surface area is 99.3 Å². The molecule has 0 aromatic heterocycles. The highest BCUT2D eigenvalue weighted by molar-refractivity contribution is 5.82. The average Bonchev–Trinajstić information content (AvgIpc) is 2.24. The zero-order valence-corrected chi connectivity index (χ0v) is 10.9. The molecule has 16 heavy (non-hydrogen) atoms. The summed E-state index contributed by atoms with van der Waals surface area (Å²) >= 11 is 0. The highest BCUT2D eigenvalue weighted by Crippen LogP contribution is 2.53. The maximum Gasteiger partial charge on any atom is 0.136 e. The van der Waals surface area contributed by atoms with Crippen molar-refractivity contribution in [3.8, 4) is 0 Å². The highest BCUT2D eigenvalue weighted by atomic mass is 16.1. The Morgan fingerprint density at radius 1 is 1.44 bits per heavy atom. The third-order valence-electron chi connectivity index (χ3n) is 5.25. The summed E-state index contributed by atoms with van der Waals surface area (Å²) in [5.41, 5.74) is 1.74. The Hall–Kier alpha value is -0.590. The number of fused-ring (bicyclic) bond motifs is 1. The van der Waals surface area contributed by atoms with Gasteiger partial charge < -0.3 is 0 Å². The van der Waals surface area contributed by atoms with Crippen molar-refractivity contribution in [2.75, 3.05) is 0 Å². The van der Waals surface area contributed by atoms with Crippen molar-refractivity contribution in [3.05, 3.63) is 12.2 Å². The van der Waals surface area contributed by atoms with E-state index in [4.69, 9.17) is 0 Å². The van der Waals surface area contributed by atoms with Gasteiger partial charge in [0.25, 0.3) is 0 Å². The lowest BCUT2D eigenvalue weighted by Crippen LogP contribution is -2.44. The minimum absolute atomic E-state index is 0.279. The molecule has 0 radical (unpaired) electrons. The van der Waals surface area contributed by atoms with E-state index < -0.39 is 0 Å². The van der Waals surface area contributed by atoms with Gasteiger partial charge >= 0.3 is 0 Å². The van der Waals surface area contributed by atoms with Crippen LogP contribution in [0.4, 0.5) is 0 Å². The van der Waals surface area contributed by atoms with E-state index in [9.17, 15) is 4.79 Å². The van der Waals surface area contributed by atoms with Gasteiger partial charge in [-0.05, 0) is 49.9 Å². The maximum atomic E-state index is 11.8. The van der Waals surface area contributed by atoms with Gasteiger partial charge in [0.1, 0.15) is 5.78 Å². The van der Waals surface area contributed by atoms with E-state index in [1.54, 1.807) is 0 Å². The Morgan fingerprint density at radius 3 is 2.75 bits per heavy atom. The summed E-state index contributed by atoms with van der Waals surface area (Å²) in [6.45, 7) is 10.8. The summed E-state index contributed by atoms with van der Waals surface area (Å²) in [5.74, 6) is 2.03. The number of hydrogen-bond donors (Lipinski definition) is 0. The molecule has 0 heterocycles. The lowest BCUT2D eigenvalue weighted by atomic mass is 9.54. The molecular weight excluding hydrogens is 196 g/mol. The van der Waals surface area contributed by atoms with E-state index in [1.165, 1.54) is 24.8 Å². The fourth-order valence-electron chi connectivity index (χ4n) is 3.82. The molecule has 0 unspecified atom stereocenters. The number of carbonyl (C=O) groups excluding carboxylic acids is 1. The molecule has 90 valence electrons. The van der Waals surface area contributed by atoms with Gasteiger partial charge in [-0.25, -0.2) is 0 Å². The second kappa shape index (κ2) is 4.01. The van der Waals surface area contributed by atoms with E-state index in [0.29, 0.717) is 23.0 Å². The van der Waals surface area contributed by atoms with Crippen LogP contribution < -0.4 is 0 Å². The van der Waals surface area contributed by atoms with Crippen LogP contribution in [0.25, 0.3) is 0 Å². The molecule has 2 aliphatic rings. The molecule has 0 bridgehead atoms. The molecule has 0 spiro atoms. The molecule has 1 nitrogen and oxygen atoms in total. The first-order chi connectivity index (χ1) is 7.44. The molecule has 2 aliphatic carbocycles. The number of rotatable bonds is 1. The molecule has 0 aromatic carbocycles. The van der Waals surface area contributed by atoms with Gasteiger partial charge in [-0.3, -0.25) is 4.79 Å². The minimum atomic E-state index is 0.279. The van der Waals surface area contributed by atoms with Crippen LogP contribution >= 0.6 is 0 Å². The first-order valence-corrected chi connectivity index (χ1v) is 6.62. The first kappa shape index (κ1) is 11.9. The maximum absolute atomic E-state index is 11.8. The lowest BCUT2D eigenvalue weighted by Gasteiger charge is -2.50. The Balaban J connectivity index is 2.18. The van der Waals surface area contributed by atoms with Crippen LogP contribution in [0.5, 0.6) is 0 Å². The van der Waals surface area contributed by atoms with Crippen LogP contribution in [0, 0.1) is 23.2 Å². The summed E-state index contributed by atoms with van der Waals surface area (Å²) in [7, 11) is 0. The van der Waals surface area contributed by atoms with E-state index in [1.807, 2.05) is 0 Å².